The Kier molecular flexibility index (Phi) is 5.16. The quantitative estimate of drug-likeness (QED) is 0.778. The molecule has 1 aliphatic rings. The fourth-order valence-corrected chi connectivity index (χ4v) is 3.78. The topological polar surface area (TPSA) is 49.0 Å². The van der Waals surface area contributed by atoms with Crippen LogP contribution in [-0.2, 0) is 25.8 Å². The summed E-state index contributed by atoms with van der Waals surface area (Å²) < 4.78 is 0. The van der Waals surface area contributed by atoms with Crippen LogP contribution in [0.1, 0.15) is 33.8 Å². The van der Waals surface area contributed by atoms with E-state index < -0.39 is 0 Å². The summed E-state index contributed by atoms with van der Waals surface area (Å²) in [6, 6.07) is 18.8. The van der Waals surface area contributed by atoms with Gasteiger partial charge in [0.2, 0.25) is 0 Å². The van der Waals surface area contributed by atoms with Crippen molar-refractivity contribution >= 4 is 0 Å². The first kappa shape index (κ1) is 17.7. The van der Waals surface area contributed by atoms with Crippen LogP contribution in [0.4, 0.5) is 0 Å². The van der Waals surface area contributed by atoms with Crippen LogP contribution in [0, 0.1) is 6.92 Å². The molecule has 0 saturated heterocycles. The van der Waals surface area contributed by atoms with E-state index in [-0.39, 0.29) is 5.56 Å². The predicted octanol–water partition coefficient (Wildman–Crippen LogP) is 3.27. The average Bonchev–Trinajstić information content (AvgIpc) is 2.87. The highest BCUT2D eigenvalue weighted by molar-refractivity contribution is 5.29. The van der Waals surface area contributed by atoms with Gasteiger partial charge in [0, 0.05) is 38.0 Å². The lowest BCUT2D eigenvalue weighted by atomic mass is 10.1. The Morgan fingerprint density at radius 1 is 1.00 bits per heavy atom. The molecule has 0 fully saturated rings. The van der Waals surface area contributed by atoms with Crippen molar-refractivity contribution in [3.8, 4) is 0 Å². The third-order valence-electron chi connectivity index (χ3n) is 5.36. The zero-order chi connectivity index (χ0) is 18.6. The summed E-state index contributed by atoms with van der Waals surface area (Å²) in [5, 5.41) is 0. The SMILES string of the molecule is Cc1ccccc1Cc1nc2c(c(=O)[nH]1)CCN(Cc1ccccc1)CC2. The zero-order valence-corrected chi connectivity index (χ0v) is 15.7. The van der Waals surface area contributed by atoms with E-state index in [4.69, 9.17) is 4.98 Å². The molecule has 0 amide bonds. The maximum absolute atomic E-state index is 12.7. The van der Waals surface area contributed by atoms with Gasteiger partial charge in [-0.15, -0.1) is 0 Å². The van der Waals surface area contributed by atoms with Crippen LogP contribution in [0.5, 0.6) is 0 Å². The monoisotopic (exact) mass is 359 g/mol. The van der Waals surface area contributed by atoms with E-state index in [0.717, 1.165) is 49.6 Å². The second-order valence-electron chi connectivity index (χ2n) is 7.30. The molecule has 0 spiro atoms. The number of benzene rings is 2. The summed E-state index contributed by atoms with van der Waals surface area (Å²) in [7, 11) is 0. The van der Waals surface area contributed by atoms with Crippen LogP contribution in [0.3, 0.4) is 0 Å². The minimum absolute atomic E-state index is 0.0325. The fraction of sp³-hybridized carbons (Fsp3) is 0.304. The van der Waals surface area contributed by atoms with Crippen molar-refractivity contribution in [1.82, 2.24) is 14.9 Å². The van der Waals surface area contributed by atoms with Gasteiger partial charge in [-0.05, 0) is 30.0 Å². The highest BCUT2D eigenvalue weighted by Crippen LogP contribution is 2.15. The molecule has 4 heteroatoms. The molecule has 1 aliphatic heterocycles. The van der Waals surface area contributed by atoms with Gasteiger partial charge < -0.3 is 4.98 Å². The van der Waals surface area contributed by atoms with Crippen molar-refractivity contribution in [2.24, 2.45) is 0 Å². The largest absolute Gasteiger partial charge is 0.310 e. The van der Waals surface area contributed by atoms with Crippen LogP contribution in [0.15, 0.2) is 59.4 Å². The summed E-state index contributed by atoms with van der Waals surface area (Å²) in [6.07, 6.45) is 2.25. The van der Waals surface area contributed by atoms with Gasteiger partial charge in [-0.1, -0.05) is 54.6 Å². The molecule has 0 saturated carbocycles. The van der Waals surface area contributed by atoms with Crippen molar-refractivity contribution < 1.29 is 0 Å². The van der Waals surface area contributed by atoms with Gasteiger partial charge in [0.05, 0.1) is 5.69 Å². The maximum atomic E-state index is 12.7. The molecule has 3 aromatic rings. The predicted molar refractivity (Wildman–Crippen MR) is 108 cm³/mol. The van der Waals surface area contributed by atoms with Crippen molar-refractivity contribution in [3.05, 3.63) is 98.7 Å². The highest BCUT2D eigenvalue weighted by Gasteiger charge is 2.19. The molecule has 4 rings (SSSR count). The number of nitrogens with zero attached hydrogens (tertiary/aromatic N) is 2. The molecular weight excluding hydrogens is 334 g/mol. The number of hydrogen-bond acceptors (Lipinski definition) is 3. The van der Waals surface area contributed by atoms with E-state index in [2.05, 4.69) is 53.2 Å². The van der Waals surface area contributed by atoms with Crippen LogP contribution >= 0.6 is 0 Å². The molecular formula is C23H25N3O. The van der Waals surface area contributed by atoms with E-state index in [0.29, 0.717) is 6.42 Å². The van der Waals surface area contributed by atoms with Gasteiger partial charge >= 0.3 is 0 Å². The lowest BCUT2D eigenvalue weighted by Crippen LogP contribution is -2.26. The first-order chi connectivity index (χ1) is 13.2. The minimum Gasteiger partial charge on any atom is -0.310 e. The molecule has 27 heavy (non-hydrogen) atoms. The van der Waals surface area contributed by atoms with Gasteiger partial charge in [-0.3, -0.25) is 9.69 Å². The molecule has 1 aromatic heterocycles. The molecule has 0 atom stereocenters. The van der Waals surface area contributed by atoms with Crippen molar-refractivity contribution in [2.75, 3.05) is 13.1 Å². The van der Waals surface area contributed by atoms with Gasteiger partial charge in [0.1, 0.15) is 5.82 Å². The number of fused-ring (bicyclic) bond motifs is 1. The Hall–Kier alpha value is -2.72. The van der Waals surface area contributed by atoms with Gasteiger partial charge in [-0.2, -0.15) is 0 Å². The Bertz CT molecular complexity index is 978. The Morgan fingerprint density at radius 2 is 1.74 bits per heavy atom. The summed E-state index contributed by atoms with van der Waals surface area (Å²) in [5.74, 6) is 0.768. The molecule has 0 radical (unpaired) electrons. The number of aryl methyl sites for hydroxylation is 1. The van der Waals surface area contributed by atoms with Gasteiger partial charge in [-0.25, -0.2) is 4.98 Å². The molecule has 1 N–H and O–H groups in total. The van der Waals surface area contributed by atoms with Crippen molar-refractivity contribution in [2.45, 2.75) is 32.7 Å². The van der Waals surface area contributed by atoms with Gasteiger partial charge in [0.25, 0.3) is 5.56 Å². The number of H-pyrrole nitrogens is 1. The Labute approximate surface area is 159 Å². The molecule has 0 aliphatic carbocycles. The second-order valence-corrected chi connectivity index (χ2v) is 7.30. The third-order valence-corrected chi connectivity index (χ3v) is 5.36. The molecule has 138 valence electrons. The summed E-state index contributed by atoms with van der Waals surface area (Å²) >= 11 is 0. The number of aromatic nitrogens is 2. The first-order valence-corrected chi connectivity index (χ1v) is 9.61. The van der Waals surface area contributed by atoms with E-state index in [1.807, 2.05) is 18.2 Å². The lowest BCUT2D eigenvalue weighted by molar-refractivity contribution is 0.279. The van der Waals surface area contributed by atoms with Crippen LogP contribution in [0.25, 0.3) is 0 Å². The number of hydrogen-bond donors (Lipinski definition) is 1. The Morgan fingerprint density at radius 3 is 2.56 bits per heavy atom. The van der Waals surface area contributed by atoms with Crippen LogP contribution < -0.4 is 5.56 Å². The van der Waals surface area contributed by atoms with E-state index in [1.165, 1.54) is 16.7 Å². The van der Waals surface area contributed by atoms with Crippen LogP contribution in [-0.4, -0.2) is 28.0 Å². The lowest BCUT2D eigenvalue weighted by Gasteiger charge is -2.19. The first-order valence-electron chi connectivity index (χ1n) is 9.61. The minimum atomic E-state index is 0.0325. The van der Waals surface area contributed by atoms with Gasteiger partial charge in [0.15, 0.2) is 0 Å². The molecule has 0 bridgehead atoms. The number of aromatic amines is 1. The molecule has 4 nitrogen and oxygen atoms in total. The summed E-state index contributed by atoms with van der Waals surface area (Å²) in [4.78, 5) is 22.9. The second kappa shape index (κ2) is 7.89. The number of rotatable bonds is 4. The Balaban J connectivity index is 1.52. The smallest absolute Gasteiger partial charge is 0.254 e. The molecule has 2 heterocycles. The average molecular weight is 359 g/mol. The summed E-state index contributed by atoms with van der Waals surface area (Å²) in [6.45, 7) is 4.84. The van der Waals surface area contributed by atoms with E-state index >= 15 is 0 Å². The molecule has 0 unspecified atom stereocenters. The standard InChI is InChI=1S/C23H25N3O/c1-17-7-5-6-10-19(17)15-22-24-21-12-14-26(13-11-20(21)23(27)25-22)16-18-8-3-2-4-9-18/h2-10H,11-16H2,1H3,(H,24,25,27). The third kappa shape index (κ3) is 4.17. The normalized spacial score (nSPS) is 14.6. The van der Waals surface area contributed by atoms with Crippen molar-refractivity contribution in [3.63, 3.8) is 0 Å². The highest BCUT2D eigenvalue weighted by atomic mass is 16.1. The van der Waals surface area contributed by atoms with Crippen LogP contribution in [0.2, 0.25) is 0 Å². The van der Waals surface area contributed by atoms with E-state index in [1.54, 1.807) is 0 Å². The fourth-order valence-electron chi connectivity index (χ4n) is 3.78. The number of nitrogens with one attached hydrogen (secondary N) is 1. The van der Waals surface area contributed by atoms with Crippen molar-refractivity contribution in [1.29, 1.82) is 0 Å². The maximum Gasteiger partial charge on any atom is 0.254 e. The molecule has 2 aromatic carbocycles. The summed E-state index contributed by atoms with van der Waals surface area (Å²) in [5.41, 5.74) is 5.61. The zero-order valence-electron chi connectivity index (χ0n) is 15.7. The van der Waals surface area contributed by atoms with E-state index in [9.17, 15) is 4.79 Å².